The number of allylic oxidation sites excluding steroid dienone is 4. The summed E-state index contributed by atoms with van der Waals surface area (Å²) in [7, 11) is 0. The van der Waals surface area contributed by atoms with Gasteiger partial charge in [0, 0.05) is 11.3 Å². The molecule has 0 unspecified atom stereocenters. The van der Waals surface area contributed by atoms with E-state index in [2.05, 4.69) is 0 Å². The number of rotatable bonds is 2. The lowest BCUT2D eigenvalue weighted by molar-refractivity contribution is -0.209. The summed E-state index contributed by atoms with van der Waals surface area (Å²) in [6, 6.07) is 0. The number of fused-ring (bicyclic) bond motifs is 5. The predicted molar refractivity (Wildman–Crippen MR) is 107 cm³/mol. The Bertz CT molecular complexity index is 858. The van der Waals surface area contributed by atoms with Crippen LogP contribution in [0.5, 0.6) is 0 Å². The molecule has 0 bridgehead atoms. The number of alkyl halides is 1. The Labute approximate surface area is 171 Å². The van der Waals surface area contributed by atoms with Gasteiger partial charge in [-0.25, -0.2) is 4.39 Å². The predicted octanol–water partition coefficient (Wildman–Crippen LogP) is 3.77. The molecule has 3 fully saturated rings. The van der Waals surface area contributed by atoms with Gasteiger partial charge >= 0.3 is 0 Å². The highest BCUT2D eigenvalue weighted by molar-refractivity contribution is 6.06. The molecule has 0 spiro atoms. The molecule has 4 aliphatic rings. The molecule has 0 aliphatic heterocycles. The largest absolute Gasteiger partial charge is 0.390 e. The van der Waals surface area contributed by atoms with Crippen LogP contribution in [-0.2, 0) is 14.4 Å². The van der Waals surface area contributed by atoms with Crippen molar-refractivity contribution in [3.8, 4) is 0 Å². The van der Waals surface area contributed by atoms with Crippen LogP contribution >= 0.6 is 0 Å². The molecule has 0 aromatic carbocycles. The van der Waals surface area contributed by atoms with Gasteiger partial charge in [-0.2, -0.15) is 0 Å². The number of ketones is 3. The number of Topliss-reactive ketones (excluding diaryl/α,β-unsaturated/α-hetero) is 2. The summed E-state index contributed by atoms with van der Waals surface area (Å²) in [6.45, 7) is 8.62. The van der Waals surface area contributed by atoms with Crippen molar-refractivity contribution >= 4 is 17.3 Å². The highest BCUT2D eigenvalue weighted by Crippen LogP contribution is 2.72. The number of aliphatic hydroxyl groups excluding tert-OH is 1. The van der Waals surface area contributed by atoms with E-state index in [0.717, 1.165) is 5.57 Å². The van der Waals surface area contributed by atoms with Gasteiger partial charge in [0.1, 0.15) is 11.6 Å². The summed E-state index contributed by atoms with van der Waals surface area (Å²) < 4.78 is 17.1. The molecule has 7 atom stereocenters. The van der Waals surface area contributed by atoms with Gasteiger partial charge in [0.2, 0.25) is 0 Å². The van der Waals surface area contributed by atoms with Crippen molar-refractivity contribution in [2.75, 3.05) is 0 Å². The Balaban J connectivity index is 1.89. The summed E-state index contributed by atoms with van der Waals surface area (Å²) >= 11 is 0. The van der Waals surface area contributed by atoms with Crippen molar-refractivity contribution in [2.24, 2.45) is 34.0 Å². The second-order valence-corrected chi connectivity index (χ2v) is 10.3. The van der Waals surface area contributed by atoms with Gasteiger partial charge in [-0.15, -0.1) is 0 Å². The Morgan fingerprint density at radius 2 is 1.79 bits per heavy atom. The third kappa shape index (κ3) is 2.15. The highest BCUT2D eigenvalue weighted by atomic mass is 19.1. The molecule has 0 saturated heterocycles. The molecule has 158 valence electrons. The van der Waals surface area contributed by atoms with Crippen LogP contribution in [0.3, 0.4) is 0 Å². The number of hydrogen-bond donors (Lipinski definition) is 1. The first-order valence-corrected chi connectivity index (χ1v) is 10.7. The summed E-state index contributed by atoms with van der Waals surface area (Å²) in [4.78, 5) is 37.5. The van der Waals surface area contributed by atoms with Crippen molar-refractivity contribution in [1.29, 1.82) is 0 Å². The molecule has 29 heavy (non-hydrogen) atoms. The van der Waals surface area contributed by atoms with Gasteiger partial charge in [-0.05, 0) is 75.9 Å². The zero-order valence-corrected chi connectivity index (χ0v) is 17.9. The molecule has 5 heteroatoms. The molecule has 4 aliphatic carbocycles. The van der Waals surface area contributed by atoms with Gasteiger partial charge in [-0.3, -0.25) is 14.4 Å². The maximum absolute atomic E-state index is 17.1. The van der Waals surface area contributed by atoms with E-state index >= 15 is 4.39 Å². The van der Waals surface area contributed by atoms with Crippen molar-refractivity contribution in [3.63, 3.8) is 0 Å². The summed E-state index contributed by atoms with van der Waals surface area (Å²) in [5.41, 5.74) is -4.18. The Morgan fingerprint density at radius 3 is 2.38 bits per heavy atom. The Morgan fingerprint density at radius 1 is 1.17 bits per heavy atom. The van der Waals surface area contributed by atoms with Crippen LogP contribution in [-0.4, -0.2) is 34.2 Å². The summed E-state index contributed by atoms with van der Waals surface area (Å²) in [5, 5.41) is 11.3. The van der Waals surface area contributed by atoms with Gasteiger partial charge in [-0.1, -0.05) is 25.5 Å². The molecular weight excluding hydrogens is 371 g/mol. The Hall–Kier alpha value is -1.62. The minimum atomic E-state index is -1.93. The fraction of sp³-hybridized carbons (Fsp3) is 0.708. The second kappa shape index (κ2) is 5.96. The van der Waals surface area contributed by atoms with Gasteiger partial charge in [0.05, 0.1) is 11.5 Å². The van der Waals surface area contributed by atoms with E-state index < -0.39 is 33.9 Å². The van der Waals surface area contributed by atoms with Crippen molar-refractivity contribution in [1.82, 2.24) is 0 Å². The molecule has 0 aromatic heterocycles. The maximum atomic E-state index is 17.1. The van der Waals surface area contributed by atoms with Gasteiger partial charge in [0.25, 0.3) is 0 Å². The van der Waals surface area contributed by atoms with Gasteiger partial charge < -0.3 is 5.11 Å². The number of carbonyl (C=O) groups is 3. The molecule has 3 saturated carbocycles. The van der Waals surface area contributed by atoms with E-state index in [0.29, 0.717) is 19.3 Å². The van der Waals surface area contributed by atoms with Crippen LogP contribution in [0.1, 0.15) is 60.3 Å². The SMILES string of the molecule is CC(=O)C1(C(C)=O)CC[C@H]2[C@@H]3C[C@H](C)C4=CC(=O)C=C[C@]4(C)[C@@]3(F)[C@@H](O)C[C@@]21C. The van der Waals surface area contributed by atoms with Crippen LogP contribution in [0, 0.1) is 34.0 Å². The highest BCUT2D eigenvalue weighted by Gasteiger charge is 2.75. The van der Waals surface area contributed by atoms with Crippen LogP contribution in [0.4, 0.5) is 4.39 Å². The maximum Gasteiger partial charge on any atom is 0.178 e. The molecule has 0 aromatic rings. The average molecular weight is 403 g/mol. The van der Waals surface area contributed by atoms with Crippen molar-refractivity contribution < 1.29 is 23.9 Å². The zero-order valence-electron chi connectivity index (χ0n) is 17.9. The Kier molecular flexibility index (Phi) is 4.25. The van der Waals surface area contributed by atoms with E-state index in [9.17, 15) is 19.5 Å². The molecule has 1 N–H and O–H groups in total. The smallest absolute Gasteiger partial charge is 0.178 e. The molecule has 0 amide bonds. The fourth-order valence-corrected chi connectivity index (χ4v) is 8.03. The van der Waals surface area contributed by atoms with E-state index in [-0.39, 0.29) is 35.6 Å². The first kappa shape index (κ1) is 20.6. The van der Waals surface area contributed by atoms with E-state index in [4.69, 9.17) is 0 Å². The third-order valence-corrected chi connectivity index (χ3v) is 9.37. The quantitative estimate of drug-likeness (QED) is 0.714. The lowest BCUT2D eigenvalue weighted by atomic mass is 9.42. The van der Waals surface area contributed by atoms with Crippen LogP contribution in [0.15, 0.2) is 23.8 Å². The van der Waals surface area contributed by atoms with Crippen molar-refractivity contribution in [3.05, 3.63) is 23.8 Å². The van der Waals surface area contributed by atoms with Crippen molar-refractivity contribution in [2.45, 2.75) is 72.1 Å². The second-order valence-electron chi connectivity index (χ2n) is 10.3. The molecule has 4 nitrogen and oxygen atoms in total. The third-order valence-electron chi connectivity index (χ3n) is 9.37. The number of aliphatic hydroxyl groups is 1. The lowest BCUT2D eigenvalue weighted by Gasteiger charge is -2.64. The van der Waals surface area contributed by atoms with Crippen LogP contribution in [0.2, 0.25) is 0 Å². The minimum absolute atomic E-state index is 0.0121. The van der Waals surface area contributed by atoms with E-state index in [1.165, 1.54) is 26.0 Å². The monoisotopic (exact) mass is 402 g/mol. The lowest BCUT2D eigenvalue weighted by Crippen LogP contribution is -2.69. The minimum Gasteiger partial charge on any atom is -0.390 e. The first-order valence-electron chi connectivity index (χ1n) is 10.7. The molecule has 0 radical (unpaired) electrons. The van der Waals surface area contributed by atoms with Crippen LogP contribution < -0.4 is 0 Å². The number of hydrogen-bond acceptors (Lipinski definition) is 4. The van der Waals surface area contributed by atoms with Gasteiger partial charge in [0.15, 0.2) is 11.5 Å². The number of carbonyl (C=O) groups excluding carboxylic acids is 3. The zero-order chi connectivity index (χ0) is 21.6. The normalized spacial score (nSPS) is 47.7. The summed E-state index contributed by atoms with van der Waals surface area (Å²) in [6.07, 6.45) is 4.85. The molecule has 0 heterocycles. The standard InChI is InChI=1S/C24H31FO4/c1-13-10-19-17-7-9-23(14(2)26,15(3)27)22(17,5)12-20(29)24(19,25)21(4)8-6-16(28)11-18(13)21/h6,8,11,13,17,19-20,29H,7,9-10,12H2,1-5H3/t13-,17-,19-,20-,21-,22-,24-/m0/s1. The molecular formula is C24H31FO4. The first-order chi connectivity index (χ1) is 13.4. The number of halogens is 1. The molecule has 4 rings (SSSR count). The topological polar surface area (TPSA) is 71.4 Å². The van der Waals surface area contributed by atoms with E-state index in [1.807, 2.05) is 13.8 Å². The summed E-state index contributed by atoms with van der Waals surface area (Å²) in [5.74, 6) is -1.15. The van der Waals surface area contributed by atoms with E-state index in [1.54, 1.807) is 13.0 Å². The fourth-order valence-electron chi connectivity index (χ4n) is 8.03. The van der Waals surface area contributed by atoms with Crippen LogP contribution in [0.25, 0.3) is 0 Å². The average Bonchev–Trinajstić information content (AvgIpc) is 2.93.